The quantitative estimate of drug-likeness (QED) is 0.921. The molecule has 0 bridgehead atoms. The van der Waals surface area contributed by atoms with Gasteiger partial charge in [-0.2, -0.15) is 0 Å². The van der Waals surface area contributed by atoms with Crippen molar-refractivity contribution < 1.29 is 13.9 Å². The third-order valence-corrected chi connectivity index (χ3v) is 3.72. The van der Waals surface area contributed by atoms with Crippen molar-refractivity contribution in [1.82, 2.24) is 0 Å². The van der Waals surface area contributed by atoms with Crippen molar-refractivity contribution in [2.45, 2.75) is 64.4 Å². The molecule has 0 aromatic heterocycles. The van der Waals surface area contributed by atoms with E-state index in [-0.39, 0.29) is 29.2 Å². The van der Waals surface area contributed by atoms with Crippen molar-refractivity contribution in [3.05, 3.63) is 29.6 Å². The minimum atomic E-state index is -0.382. The highest BCUT2D eigenvalue weighted by atomic mass is 19.1. The maximum Gasteiger partial charge on any atom is 0.130 e. The molecule has 4 heteroatoms. The summed E-state index contributed by atoms with van der Waals surface area (Å²) in [7, 11) is 0. The SMILES string of the molecule is C[C@@H](N)c1cc(F)ccc1OC1CC(C)(C)OC1(C)C. The Morgan fingerprint density at radius 1 is 1.35 bits per heavy atom. The van der Waals surface area contributed by atoms with Gasteiger partial charge in [0.1, 0.15) is 23.3 Å². The van der Waals surface area contributed by atoms with E-state index in [1.807, 2.05) is 20.8 Å². The third-order valence-electron chi connectivity index (χ3n) is 3.72. The first kappa shape index (κ1) is 15.3. The molecule has 0 spiro atoms. The van der Waals surface area contributed by atoms with Crippen LogP contribution in [0.2, 0.25) is 0 Å². The van der Waals surface area contributed by atoms with Crippen LogP contribution in [0.1, 0.15) is 52.6 Å². The fraction of sp³-hybridized carbons (Fsp3) is 0.625. The topological polar surface area (TPSA) is 44.5 Å². The molecule has 0 aliphatic carbocycles. The summed E-state index contributed by atoms with van der Waals surface area (Å²) >= 11 is 0. The molecule has 2 rings (SSSR count). The maximum absolute atomic E-state index is 13.4. The Labute approximate surface area is 120 Å². The molecule has 1 aromatic carbocycles. The van der Waals surface area contributed by atoms with Crippen LogP contribution in [-0.2, 0) is 4.74 Å². The molecule has 0 radical (unpaired) electrons. The van der Waals surface area contributed by atoms with E-state index in [4.69, 9.17) is 15.2 Å². The Morgan fingerprint density at radius 3 is 2.50 bits per heavy atom. The van der Waals surface area contributed by atoms with Crippen LogP contribution in [0.5, 0.6) is 5.75 Å². The van der Waals surface area contributed by atoms with Gasteiger partial charge in [-0.15, -0.1) is 0 Å². The molecule has 1 aliphatic rings. The number of hydrogen-bond donors (Lipinski definition) is 1. The molecule has 2 N–H and O–H groups in total. The molecule has 1 fully saturated rings. The lowest BCUT2D eigenvalue weighted by Gasteiger charge is -2.28. The highest BCUT2D eigenvalue weighted by Crippen LogP contribution is 2.40. The Bertz CT molecular complexity index is 497. The van der Waals surface area contributed by atoms with Gasteiger partial charge >= 0.3 is 0 Å². The number of nitrogens with two attached hydrogens (primary N) is 1. The summed E-state index contributed by atoms with van der Waals surface area (Å²) < 4.78 is 25.5. The van der Waals surface area contributed by atoms with Crippen LogP contribution in [-0.4, -0.2) is 17.3 Å². The number of hydrogen-bond acceptors (Lipinski definition) is 3. The first-order chi connectivity index (χ1) is 9.11. The number of ether oxygens (including phenoxy) is 2. The van der Waals surface area contributed by atoms with Crippen molar-refractivity contribution in [1.29, 1.82) is 0 Å². The van der Waals surface area contributed by atoms with Crippen LogP contribution in [0.3, 0.4) is 0 Å². The normalized spacial score (nSPS) is 25.4. The predicted octanol–water partition coefficient (Wildman–Crippen LogP) is 3.57. The molecule has 1 aromatic rings. The van der Waals surface area contributed by atoms with E-state index in [1.165, 1.54) is 12.1 Å². The first-order valence-corrected chi connectivity index (χ1v) is 7.02. The molecule has 1 unspecified atom stereocenters. The monoisotopic (exact) mass is 281 g/mol. The van der Waals surface area contributed by atoms with Gasteiger partial charge in [0, 0.05) is 18.0 Å². The molecule has 1 heterocycles. The summed E-state index contributed by atoms with van der Waals surface area (Å²) in [5.41, 5.74) is 5.98. The number of halogens is 1. The summed E-state index contributed by atoms with van der Waals surface area (Å²) in [6.45, 7) is 9.95. The highest BCUT2D eigenvalue weighted by Gasteiger charge is 2.47. The molecule has 3 nitrogen and oxygen atoms in total. The lowest BCUT2D eigenvalue weighted by atomic mass is 9.97. The van der Waals surface area contributed by atoms with E-state index in [1.54, 1.807) is 6.07 Å². The zero-order valence-electron chi connectivity index (χ0n) is 12.9. The third kappa shape index (κ3) is 3.13. The zero-order chi connectivity index (χ0) is 15.1. The Hall–Kier alpha value is -1.13. The Balaban J connectivity index is 2.27. The smallest absolute Gasteiger partial charge is 0.130 e. The van der Waals surface area contributed by atoms with E-state index in [0.29, 0.717) is 11.3 Å². The summed E-state index contributed by atoms with van der Waals surface area (Å²) in [6.07, 6.45) is 0.705. The van der Waals surface area contributed by atoms with Gasteiger partial charge in [0.25, 0.3) is 0 Å². The number of benzene rings is 1. The van der Waals surface area contributed by atoms with Crippen LogP contribution in [0, 0.1) is 5.82 Å². The van der Waals surface area contributed by atoms with Crippen molar-refractivity contribution in [2.75, 3.05) is 0 Å². The molecule has 2 atom stereocenters. The zero-order valence-corrected chi connectivity index (χ0v) is 12.9. The molecular weight excluding hydrogens is 257 g/mol. The fourth-order valence-corrected chi connectivity index (χ4v) is 2.83. The minimum absolute atomic E-state index is 0.0829. The van der Waals surface area contributed by atoms with E-state index >= 15 is 0 Å². The predicted molar refractivity (Wildman–Crippen MR) is 77.3 cm³/mol. The van der Waals surface area contributed by atoms with E-state index in [9.17, 15) is 4.39 Å². The second kappa shape index (κ2) is 5.01. The molecular formula is C16H24FNO2. The molecule has 0 saturated carbocycles. The van der Waals surface area contributed by atoms with Gasteiger partial charge in [-0.3, -0.25) is 0 Å². The van der Waals surface area contributed by atoms with Crippen molar-refractivity contribution in [3.8, 4) is 5.75 Å². The first-order valence-electron chi connectivity index (χ1n) is 7.02. The minimum Gasteiger partial charge on any atom is -0.487 e. The van der Waals surface area contributed by atoms with Gasteiger partial charge in [0.2, 0.25) is 0 Å². The van der Waals surface area contributed by atoms with Gasteiger partial charge in [0.15, 0.2) is 0 Å². The summed E-state index contributed by atoms with van der Waals surface area (Å²) in [4.78, 5) is 0. The highest BCUT2D eigenvalue weighted by molar-refractivity contribution is 5.36. The van der Waals surface area contributed by atoms with E-state index < -0.39 is 0 Å². The van der Waals surface area contributed by atoms with Gasteiger partial charge in [-0.25, -0.2) is 4.39 Å². The standard InChI is InChI=1S/C16H24FNO2/c1-10(18)12-8-11(17)6-7-13(12)19-14-9-15(2,3)20-16(14,4)5/h6-8,10,14H,9,18H2,1-5H3/t10-,14?/m1/s1. The average molecular weight is 281 g/mol. The Morgan fingerprint density at radius 2 is 2.00 bits per heavy atom. The summed E-state index contributed by atoms with van der Waals surface area (Å²) in [5.74, 6) is 0.340. The van der Waals surface area contributed by atoms with Crippen LogP contribution in [0.4, 0.5) is 4.39 Å². The van der Waals surface area contributed by atoms with Gasteiger partial charge < -0.3 is 15.2 Å². The van der Waals surface area contributed by atoms with Gasteiger partial charge in [-0.1, -0.05) is 0 Å². The van der Waals surface area contributed by atoms with Gasteiger partial charge in [0.05, 0.1) is 5.60 Å². The summed E-state index contributed by atoms with van der Waals surface area (Å²) in [5, 5.41) is 0. The van der Waals surface area contributed by atoms with Gasteiger partial charge in [-0.05, 0) is 52.8 Å². The maximum atomic E-state index is 13.4. The number of rotatable bonds is 3. The fourth-order valence-electron chi connectivity index (χ4n) is 2.83. The van der Waals surface area contributed by atoms with Crippen molar-refractivity contribution >= 4 is 0 Å². The van der Waals surface area contributed by atoms with Crippen LogP contribution in [0.25, 0.3) is 0 Å². The van der Waals surface area contributed by atoms with Crippen molar-refractivity contribution in [2.24, 2.45) is 5.73 Å². The lowest BCUT2D eigenvalue weighted by molar-refractivity contribution is -0.0847. The molecule has 1 aliphatic heterocycles. The Kier molecular flexibility index (Phi) is 3.82. The molecule has 0 amide bonds. The molecule has 1 saturated heterocycles. The molecule has 20 heavy (non-hydrogen) atoms. The average Bonchev–Trinajstić information content (AvgIpc) is 2.48. The molecule has 112 valence electrons. The second-order valence-electron chi connectivity index (χ2n) is 6.75. The van der Waals surface area contributed by atoms with E-state index in [0.717, 1.165) is 6.42 Å². The van der Waals surface area contributed by atoms with Crippen LogP contribution in [0.15, 0.2) is 18.2 Å². The second-order valence-corrected chi connectivity index (χ2v) is 6.75. The van der Waals surface area contributed by atoms with E-state index in [2.05, 4.69) is 13.8 Å². The van der Waals surface area contributed by atoms with Crippen LogP contribution >= 0.6 is 0 Å². The van der Waals surface area contributed by atoms with Crippen molar-refractivity contribution in [3.63, 3.8) is 0 Å². The largest absolute Gasteiger partial charge is 0.487 e. The van der Waals surface area contributed by atoms with Crippen LogP contribution < -0.4 is 10.5 Å². The lowest BCUT2D eigenvalue weighted by Crippen LogP contribution is -2.37. The summed E-state index contributed by atoms with van der Waals surface area (Å²) in [6, 6.07) is 4.21.